The van der Waals surface area contributed by atoms with Gasteiger partial charge in [0, 0.05) is 22.2 Å². The second kappa shape index (κ2) is 11.1. The summed E-state index contributed by atoms with van der Waals surface area (Å²) >= 11 is 0. The Bertz CT molecular complexity index is 1570. The normalized spacial score (nSPS) is 12.6. The molecule has 0 N–H and O–H groups in total. The van der Waals surface area contributed by atoms with Gasteiger partial charge in [0.15, 0.2) is 0 Å². The SMILES string of the molecule is CCOP(=O)(OCC)c1c2ccccc2c(C(c2ccccc2)c2ccc(F)cc2)n1-c1ccc(C)cc1. The van der Waals surface area contributed by atoms with Crippen molar-refractivity contribution in [1.29, 1.82) is 0 Å². The van der Waals surface area contributed by atoms with E-state index in [1.165, 1.54) is 12.1 Å². The Balaban J connectivity index is 1.95. The molecule has 0 aliphatic rings. The van der Waals surface area contributed by atoms with Gasteiger partial charge in [-0.25, -0.2) is 4.39 Å². The van der Waals surface area contributed by atoms with Gasteiger partial charge in [-0.05, 0) is 56.2 Å². The first kappa shape index (κ1) is 26.1. The molecule has 194 valence electrons. The predicted octanol–water partition coefficient (Wildman–Crippen LogP) is 8.15. The smallest absolute Gasteiger partial charge is 0.305 e. The fourth-order valence-electron chi connectivity index (χ4n) is 5.07. The minimum Gasteiger partial charge on any atom is -0.305 e. The van der Waals surface area contributed by atoms with Crippen molar-refractivity contribution in [3.63, 3.8) is 0 Å². The fraction of sp³-hybridized carbons (Fsp3) is 0.188. The van der Waals surface area contributed by atoms with Gasteiger partial charge in [0.05, 0.1) is 19.1 Å². The van der Waals surface area contributed by atoms with Crippen LogP contribution in [-0.2, 0) is 13.6 Å². The van der Waals surface area contributed by atoms with Crippen LogP contribution < -0.4 is 5.44 Å². The van der Waals surface area contributed by atoms with Crippen molar-refractivity contribution >= 4 is 23.8 Å². The molecule has 1 aromatic heterocycles. The number of rotatable bonds is 9. The molecule has 0 aliphatic carbocycles. The molecular weight excluding hydrogens is 496 g/mol. The lowest BCUT2D eigenvalue weighted by molar-refractivity contribution is 0.229. The number of aromatic nitrogens is 1. The number of nitrogens with zero attached hydrogens (tertiary/aromatic N) is 1. The van der Waals surface area contributed by atoms with Gasteiger partial charge in [-0.15, -0.1) is 0 Å². The average Bonchev–Trinajstić information content (AvgIpc) is 3.27. The molecule has 0 radical (unpaired) electrons. The van der Waals surface area contributed by atoms with Crippen molar-refractivity contribution in [3.05, 3.63) is 131 Å². The van der Waals surface area contributed by atoms with Gasteiger partial charge in [0.25, 0.3) is 0 Å². The Morgan fingerprint density at radius 3 is 1.89 bits per heavy atom. The lowest BCUT2D eigenvalue weighted by atomic mass is 9.86. The Labute approximate surface area is 223 Å². The molecule has 6 heteroatoms. The Morgan fingerprint density at radius 1 is 0.737 bits per heavy atom. The summed E-state index contributed by atoms with van der Waals surface area (Å²) in [6.07, 6.45) is 0. The van der Waals surface area contributed by atoms with Gasteiger partial charge in [-0.1, -0.05) is 84.4 Å². The van der Waals surface area contributed by atoms with E-state index in [9.17, 15) is 8.96 Å². The summed E-state index contributed by atoms with van der Waals surface area (Å²) in [5.74, 6) is -0.578. The monoisotopic (exact) mass is 527 g/mol. The quantitative estimate of drug-likeness (QED) is 0.182. The summed E-state index contributed by atoms with van der Waals surface area (Å²) in [6, 6.07) is 32.8. The molecule has 5 aromatic rings. The molecule has 4 aromatic carbocycles. The molecule has 0 aliphatic heterocycles. The van der Waals surface area contributed by atoms with Crippen molar-refractivity contribution in [2.75, 3.05) is 13.2 Å². The highest BCUT2D eigenvalue weighted by Gasteiger charge is 2.38. The van der Waals surface area contributed by atoms with Gasteiger partial charge >= 0.3 is 7.60 Å². The number of hydrogen-bond acceptors (Lipinski definition) is 3. The molecule has 0 fully saturated rings. The first-order chi connectivity index (χ1) is 18.5. The third kappa shape index (κ3) is 4.86. The van der Waals surface area contributed by atoms with Crippen LogP contribution in [0.3, 0.4) is 0 Å². The molecule has 0 amide bonds. The third-order valence-corrected chi connectivity index (χ3v) is 8.81. The van der Waals surface area contributed by atoms with E-state index in [0.29, 0.717) is 5.44 Å². The molecular formula is C32H31FNO3P. The highest BCUT2D eigenvalue weighted by molar-refractivity contribution is 7.62. The van der Waals surface area contributed by atoms with Gasteiger partial charge in [0.1, 0.15) is 11.3 Å². The topological polar surface area (TPSA) is 40.5 Å². The molecule has 0 bridgehead atoms. The molecule has 0 saturated heterocycles. The van der Waals surface area contributed by atoms with Crippen molar-refractivity contribution in [2.24, 2.45) is 0 Å². The fourth-order valence-corrected chi connectivity index (χ4v) is 7.03. The zero-order valence-corrected chi connectivity index (χ0v) is 22.7. The summed E-state index contributed by atoms with van der Waals surface area (Å²) < 4.78 is 42.5. The van der Waals surface area contributed by atoms with Crippen LogP contribution in [0.15, 0.2) is 103 Å². The Morgan fingerprint density at radius 2 is 1.29 bits per heavy atom. The third-order valence-electron chi connectivity index (χ3n) is 6.66. The zero-order valence-electron chi connectivity index (χ0n) is 21.8. The van der Waals surface area contributed by atoms with Crippen LogP contribution in [-0.4, -0.2) is 17.8 Å². The largest absolute Gasteiger partial charge is 0.378 e. The van der Waals surface area contributed by atoms with Crippen LogP contribution in [0.2, 0.25) is 0 Å². The summed E-state index contributed by atoms with van der Waals surface area (Å²) in [5, 5.41) is 1.73. The minimum absolute atomic E-state index is 0.236. The maximum Gasteiger partial charge on any atom is 0.378 e. The van der Waals surface area contributed by atoms with Crippen LogP contribution in [0, 0.1) is 12.7 Å². The standard InChI is InChI=1S/C32H31FNO3P/c1-4-36-38(35,37-5-2)32-29-14-10-9-13-28(29)31(34(32)27-21-15-23(3)16-22-27)30(24-11-7-6-8-12-24)25-17-19-26(33)20-18-25/h6-22,30H,4-5H2,1-3H3. The summed E-state index contributed by atoms with van der Waals surface area (Å²) in [4.78, 5) is 0. The van der Waals surface area contributed by atoms with E-state index in [2.05, 4.69) is 12.1 Å². The maximum atomic E-state index is 14.5. The van der Waals surface area contributed by atoms with Gasteiger partial charge in [0.2, 0.25) is 0 Å². The van der Waals surface area contributed by atoms with Crippen LogP contribution in [0.5, 0.6) is 0 Å². The van der Waals surface area contributed by atoms with Crippen molar-refractivity contribution in [1.82, 2.24) is 4.57 Å². The average molecular weight is 528 g/mol. The summed E-state index contributed by atoms with van der Waals surface area (Å²) in [6.45, 7) is 6.15. The summed E-state index contributed by atoms with van der Waals surface area (Å²) in [7, 11) is -3.74. The molecule has 0 saturated carbocycles. The number of fused-ring (bicyclic) bond motifs is 1. The van der Waals surface area contributed by atoms with Crippen molar-refractivity contribution in [2.45, 2.75) is 26.7 Å². The van der Waals surface area contributed by atoms with E-state index in [4.69, 9.17) is 9.05 Å². The van der Waals surface area contributed by atoms with Crippen LogP contribution in [0.1, 0.15) is 42.1 Å². The van der Waals surface area contributed by atoms with E-state index in [1.807, 2.05) is 104 Å². The maximum absolute atomic E-state index is 14.5. The molecule has 1 heterocycles. The molecule has 1 unspecified atom stereocenters. The number of hydrogen-bond donors (Lipinski definition) is 0. The van der Waals surface area contributed by atoms with E-state index >= 15 is 0 Å². The Hall–Kier alpha value is -3.50. The lowest BCUT2D eigenvalue weighted by Crippen LogP contribution is -2.23. The number of aryl methyl sites for hydroxylation is 1. The van der Waals surface area contributed by atoms with Crippen molar-refractivity contribution < 1.29 is 18.0 Å². The molecule has 0 spiro atoms. The Kier molecular flexibility index (Phi) is 7.62. The lowest BCUT2D eigenvalue weighted by Gasteiger charge is -2.25. The first-order valence-corrected chi connectivity index (χ1v) is 14.4. The molecule has 5 rings (SSSR count). The first-order valence-electron chi connectivity index (χ1n) is 12.9. The zero-order chi connectivity index (χ0) is 26.7. The van der Waals surface area contributed by atoms with Crippen molar-refractivity contribution in [3.8, 4) is 5.69 Å². The molecule has 38 heavy (non-hydrogen) atoms. The highest BCUT2D eigenvalue weighted by Crippen LogP contribution is 2.51. The number of halogens is 1. The van der Waals surface area contributed by atoms with Crippen LogP contribution in [0.25, 0.3) is 16.5 Å². The van der Waals surface area contributed by atoms with E-state index in [1.54, 1.807) is 0 Å². The summed E-state index contributed by atoms with van der Waals surface area (Å²) in [5.41, 5.74) is 5.33. The van der Waals surface area contributed by atoms with E-state index in [0.717, 1.165) is 38.8 Å². The second-order valence-electron chi connectivity index (χ2n) is 9.15. The van der Waals surface area contributed by atoms with Crippen LogP contribution in [0.4, 0.5) is 4.39 Å². The minimum atomic E-state index is -3.74. The number of benzene rings is 4. The molecule has 1 atom stereocenters. The second-order valence-corrected chi connectivity index (χ2v) is 11.1. The van der Waals surface area contributed by atoms with Gasteiger partial charge in [-0.3, -0.25) is 4.57 Å². The predicted molar refractivity (Wildman–Crippen MR) is 152 cm³/mol. The molecule has 4 nitrogen and oxygen atoms in total. The van der Waals surface area contributed by atoms with Crippen LogP contribution >= 0.6 is 7.60 Å². The van der Waals surface area contributed by atoms with Gasteiger partial charge in [-0.2, -0.15) is 0 Å². The van der Waals surface area contributed by atoms with E-state index < -0.39 is 7.60 Å². The van der Waals surface area contributed by atoms with E-state index in [-0.39, 0.29) is 24.9 Å². The van der Waals surface area contributed by atoms with Gasteiger partial charge < -0.3 is 13.6 Å². The highest BCUT2D eigenvalue weighted by atomic mass is 31.2.